The minimum Gasteiger partial charge on any atom is -0.497 e. The first kappa shape index (κ1) is 15.6. The van der Waals surface area contributed by atoms with Gasteiger partial charge in [0.1, 0.15) is 5.75 Å². The first-order chi connectivity index (χ1) is 12.3. The molecule has 4 rings (SSSR count). The number of urea groups is 1. The third-order valence-corrected chi connectivity index (χ3v) is 5.14. The van der Waals surface area contributed by atoms with Crippen molar-refractivity contribution in [2.45, 2.75) is 0 Å². The number of carbonyl (C=O) groups excluding carboxylic acids is 1. The molecule has 2 aromatic heterocycles. The van der Waals surface area contributed by atoms with Gasteiger partial charge in [-0.1, -0.05) is 11.3 Å². The van der Waals surface area contributed by atoms with Crippen molar-refractivity contribution >= 4 is 22.5 Å². The summed E-state index contributed by atoms with van der Waals surface area (Å²) in [4.78, 5) is 23.6. The van der Waals surface area contributed by atoms with Crippen LogP contribution in [-0.2, 0) is 0 Å². The summed E-state index contributed by atoms with van der Waals surface area (Å²) in [5, 5.41) is 3.52. The van der Waals surface area contributed by atoms with Crippen LogP contribution in [0.3, 0.4) is 0 Å². The minimum atomic E-state index is -0.101. The maximum atomic E-state index is 12.0. The lowest BCUT2D eigenvalue weighted by Crippen LogP contribution is -2.27. The van der Waals surface area contributed by atoms with E-state index in [2.05, 4.69) is 10.3 Å². The summed E-state index contributed by atoms with van der Waals surface area (Å²) >= 11 is 1.51. The number of hydrogen-bond acceptors (Lipinski definition) is 5. The number of carbonyl (C=O) groups is 1. The lowest BCUT2D eigenvalue weighted by Gasteiger charge is -2.08. The highest BCUT2D eigenvalue weighted by molar-refractivity contribution is 7.19. The fourth-order valence-corrected chi connectivity index (χ4v) is 3.84. The van der Waals surface area contributed by atoms with E-state index in [-0.39, 0.29) is 6.03 Å². The Morgan fingerprint density at radius 1 is 1.12 bits per heavy atom. The van der Waals surface area contributed by atoms with E-state index in [0.29, 0.717) is 18.2 Å². The van der Waals surface area contributed by atoms with Crippen LogP contribution in [0.15, 0.2) is 48.8 Å². The molecule has 1 aromatic carbocycles. The van der Waals surface area contributed by atoms with Gasteiger partial charge in [0, 0.05) is 31.0 Å². The minimum absolute atomic E-state index is 0.101. The molecule has 6 nitrogen and oxygen atoms in total. The summed E-state index contributed by atoms with van der Waals surface area (Å²) in [6.07, 6.45) is 3.52. The molecule has 1 N–H and O–H groups in total. The number of benzene rings is 1. The van der Waals surface area contributed by atoms with Crippen LogP contribution in [0.5, 0.6) is 5.75 Å². The van der Waals surface area contributed by atoms with Crippen molar-refractivity contribution in [3.63, 3.8) is 0 Å². The van der Waals surface area contributed by atoms with Gasteiger partial charge in [-0.2, -0.15) is 0 Å². The number of aromatic nitrogens is 2. The summed E-state index contributed by atoms with van der Waals surface area (Å²) in [5.74, 6) is 0.795. The Morgan fingerprint density at radius 2 is 1.88 bits per heavy atom. The lowest BCUT2D eigenvalue weighted by atomic mass is 10.1. The van der Waals surface area contributed by atoms with Gasteiger partial charge in [-0.05, 0) is 42.0 Å². The van der Waals surface area contributed by atoms with E-state index in [1.54, 1.807) is 24.4 Å². The zero-order valence-electron chi connectivity index (χ0n) is 13.6. The number of ether oxygens (including phenoxy) is 1. The van der Waals surface area contributed by atoms with Crippen molar-refractivity contribution in [1.82, 2.24) is 15.3 Å². The monoisotopic (exact) mass is 352 g/mol. The Hall–Kier alpha value is -2.93. The molecule has 0 saturated carbocycles. The number of pyridine rings is 1. The van der Waals surface area contributed by atoms with Crippen molar-refractivity contribution in [2.75, 3.05) is 25.1 Å². The zero-order valence-corrected chi connectivity index (χ0v) is 14.4. The standard InChI is InChI=1S/C18H16N4O2S/c1-24-14-4-2-12(3-5-14)15-16(13-6-8-19-9-7-13)25-18(21-15)22-11-10-20-17(22)23/h2-9H,10-11H2,1H3,(H,20,23). The summed E-state index contributed by atoms with van der Waals surface area (Å²) in [5.41, 5.74) is 2.87. The van der Waals surface area contributed by atoms with E-state index < -0.39 is 0 Å². The van der Waals surface area contributed by atoms with Crippen LogP contribution in [0.4, 0.5) is 9.93 Å². The molecular formula is C18H16N4O2S. The molecule has 3 aromatic rings. The molecule has 3 heterocycles. The highest BCUT2D eigenvalue weighted by atomic mass is 32.1. The molecule has 126 valence electrons. The first-order valence-corrected chi connectivity index (χ1v) is 8.69. The second-order valence-electron chi connectivity index (χ2n) is 5.52. The zero-order chi connectivity index (χ0) is 17.2. The van der Waals surface area contributed by atoms with E-state index in [1.165, 1.54) is 11.3 Å². The molecule has 7 heteroatoms. The molecular weight excluding hydrogens is 336 g/mol. The van der Waals surface area contributed by atoms with E-state index in [4.69, 9.17) is 9.72 Å². The summed E-state index contributed by atoms with van der Waals surface area (Å²) in [6, 6.07) is 11.6. The summed E-state index contributed by atoms with van der Waals surface area (Å²) < 4.78 is 5.23. The first-order valence-electron chi connectivity index (χ1n) is 7.87. The number of amides is 2. The smallest absolute Gasteiger partial charge is 0.323 e. The van der Waals surface area contributed by atoms with Gasteiger partial charge in [0.05, 0.1) is 17.7 Å². The predicted octanol–water partition coefficient (Wildman–Crippen LogP) is 3.41. The van der Waals surface area contributed by atoms with Crippen LogP contribution >= 0.6 is 11.3 Å². The number of nitrogens with zero attached hydrogens (tertiary/aromatic N) is 3. The van der Waals surface area contributed by atoms with Gasteiger partial charge in [-0.15, -0.1) is 0 Å². The molecule has 25 heavy (non-hydrogen) atoms. The van der Waals surface area contributed by atoms with Gasteiger partial charge in [0.2, 0.25) is 0 Å². The van der Waals surface area contributed by atoms with E-state index in [1.807, 2.05) is 36.4 Å². The van der Waals surface area contributed by atoms with Crippen molar-refractivity contribution < 1.29 is 9.53 Å². The van der Waals surface area contributed by atoms with Crippen LogP contribution in [0.25, 0.3) is 21.7 Å². The van der Waals surface area contributed by atoms with Gasteiger partial charge in [0.15, 0.2) is 5.13 Å². The fourth-order valence-electron chi connectivity index (χ4n) is 2.72. The van der Waals surface area contributed by atoms with Crippen LogP contribution < -0.4 is 15.0 Å². The topological polar surface area (TPSA) is 67.3 Å². The molecule has 0 aliphatic carbocycles. The third kappa shape index (κ3) is 2.94. The van der Waals surface area contributed by atoms with Gasteiger partial charge < -0.3 is 10.1 Å². The number of nitrogens with one attached hydrogen (secondary N) is 1. The molecule has 0 spiro atoms. The molecule has 2 amide bonds. The van der Waals surface area contributed by atoms with Crippen LogP contribution in [0.1, 0.15) is 0 Å². The molecule has 1 saturated heterocycles. The molecule has 0 radical (unpaired) electrons. The summed E-state index contributed by atoms with van der Waals surface area (Å²) in [7, 11) is 1.64. The number of thiazole rings is 1. The maximum absolute atomic E-state index is 12.0. The number of rotatable bonds is 4. The average molecular weight is 352 g/mol. The van der Waals surface area contributed by atoms with E-state index in [0.717, 1.165) is 27.4 Å². The Kier molecular flexibility index (Phi) is 4.07. The second kappa shape index (κ2) is 6.52. The van der Waals surface area contributed by atoms with Crippen LogP contribution in [0, 0.1) is 0 Å². The molecule has 1 aliphatic heterocycles. The molecule has 1 aliphatic rings. The Bertz CT molecular complexity index is 893. The van der Waals surface area contributed by atoms with Gasteiger partial charge >= 0.3 is 6.03 Å². The quantitative estimate of drug-likeness (QED) is 0.781. The van der Waals surface area contributed by atoms with Gasteiger partial charge in [-0.25, -0.2) is 9.78 Å². The van der Waals surface area contributed by atoms with Gasteiger partial charge in [0.25, 0.3) is 0 Å². The number of methoxy groups -OCH3 is 1. The maximum Gasteiger partial charge on any atom is 0.323 e. The largest absolute Gasteiger partial charge is 0.497 e. The Balaban J connectivity index is 1.82. The molecule has 0 atom stereocenters. The predicted molar refractivity (Wildman–Crippen MR) is 98.1 cm³/mol. The van der Waals surface area contributed by atoms with Crippen molar-refractivity contribution in [3.8, 4) is 27.4 Å². The lowest BCUT2D eigenvalue weighted by molar-refractivity contribution is 0.252. The summed E-state index contributed by atoms with van der Waals surface area (Å²) in [6.45, 7) is 1.27. The second-order valence-corrected chi connectivity index (χ2v) is 6.50. The fraction of sp³-hybridized carbons (Fsp3) is 0.167. The molecule has 0 bridgehead atoms. The van der Waals surface area contributed by atoms with E-state index >= 15 is 0 Å². The normalized spacial score (nSPS) is 13.8. The van der Waals surface area contributed by atoms with Gasteiger partial charge in [-0.3, -0.25) is 9.88 Å². The number of hydrogen-bond donors (Lipinski definition) is 1. The molecule has 0 unspecified atom stereocenters. The highest BCUT2D eigenvalue weighted by Gasteiger charge is 2.26. The van der Waals surface area contributed by atoms with Crippen LogP contribution in [-0.4, -0.2) is 36.2 Å². The third-order valence-electron chi connectivity index (χ3n) is 4.01. The van der Waals surface area contributed by atoms with Crippen molar-refractivity contribution in [2.24, 2.45) is 0 Å². The van der Waals surface area contributed by atoms with Crippen LogP contribution in [0.2, 0.25) is 0 Å². The SMILES string of the molecule is COc1ccc(-c2nc(N3CCNC3=O)sc2-c2ccncc2)cc1. The highest BCUT2D eigenvalue weighted by Crippen LogP contribution is 2.40. The van der Waals surface area contributed by atoms with Crippen molar-refractivity contribution in [3.05, 3.63) is 48.8 Å². The van der Waals surface area contributed by atoms with E-state index in [9.17, 15) is 4.79 Å². The Morgan fingerprint density at radius 3 is 2.52 bits per heavy atom. The Labute approximate surface area is 149 Å². The average Bonchev–Trinajstić information content (AvgIpc) is 3.28. The molecule has 1 fully saturated rings. The van der Waals surface area contributed by atoms with Crippen molar-refractivity contribution in [1.29, 1.82) is 0 Å². The number of anilines is 1.